The molecule has 1 aromatic rings. The largest absolute Gasteiger partial charge is 0.495 e. The molecule has 0 aliphatic carbocycles. The van der Waals surface area contributed by atoms with E-state index in [2.05, 4.69) is 4.98 Å². The summed E-state index contributed by atoms with van der Waals surface area (Å²) >= 11 is 0. The van der Waals surface area contributed by atoms with Crippen LogP contribution in [0.3, 0.4) is 0 Å². The number of carbonyl (C=O) groups is 1. The highest BCUT2D eigenvalue weighted by Gasteiger charge is 2.14. The highest BCUT2D eigenvalue weighted by atomic mass is 16.5. The summed E-state index contributed by atoms with van der Waals surface area (Å²) in [6, 6.07) is 3.29. The van der Waals surface area contributed by atoms with Crippen LogP contribution in [0.25, 0.3) is 0 Å². The van der Waals surface area contributed by atoms with Crippen LogP contribution in [-0.4, -0.2) is 29.8 Å². The van der Waals surface area contributed by atoms with Crippen LogP contribution in [0, 0.1) is 0 Å². The van der Waals surface area contributed by atoms with Gasteiger partial charge in [-0.25, -0.2) is 0 Å². The van der Waals surface area contributed by atoms with Crippen LogP contribution in [0.5, 0.6) is 5.75 Å². The summed E-state index contributed by atoms with van der Waals surface area (Å²) in [6.07, 6.45) is 0.460. The van der Waals surface area contributed by atoms with Crippen LogP contribution < -0.4 is 4.74 Å². The fourth-order valence-electron chi connectivity index (χ4n) is 1.19. The Morgan fingerprint density at radius 3 is 2.81 bits per heavy atom. The van der Waals surface area contributed by atoms with Crippen molar-refractivity contribution in [3.63, 3.8) is 0 Å². The molecule has 0 bridgehead atoms. The highest BCUT2D eigenvalue weighted by Crippen LogP contribution is 2.17. The molecule has 0 amide bonds. The molecule has 1 heterocycles. The van der Waals surface area contributed by atoms with E-state index in [0.717, 1.165) is 0 Å². The second kappa shape index (κ2) is 6.07. The summed E-state index contributed by atoms with van der Waals surface area (Å²) in [5.41, 5.74) is 0.425. The molecule has 0 saturated heterocycles. The van der Waals surface area contributed by atoms with E-state index in [-0.39, 0.29) is 6.42 Å². The second-order valence-electron chi connectivity index (χ2n) is 3.15. The molecule has 0 aromatic carbocycles. The van der Waals surface area contributed by atoms with Gasteiger partial charge in [0.2, 0.25) is 0 Å². The number of esters is 1. The molecule has 0 aliphatic rings. The first kappa shape index (κ1) is 12.4. The van der Waals surface area contributed by atoms with Crippen LogP contribution >= 0.6 is 0 Å². The van der Waals surface area contributed by atoms with Crippen molar-refractivity contribution in [1.82, 2.24) is 4.98 Å². The predicted octanol–water partition coefficient (Wildman–Crippen LogP) is 1.08. The van der Waals surface area contributed by atoms with Crippen molar-refractivity contribution in [2.75, 3.05) is 13.7 Å². The minimum atomic E-state index is -0.940. The SMILES string of the molecule is CCOC(=O)CC(O)c1ccc(OC)cn1. The van der Waals surface area contributed by atoms with Gasteiger partial charge in [-0.15, -0.1) is 0 Å². The zero-order chi connectivity index (χ0) is 12.0. The van der Waals surface area contributed by atoms with E-state index in [1.165, 1.54) is 13.3 Å². The van der Waals surface area contributed by atoms with Crippen molar-refractivity contribution in [3.05, 3.63) is 24.0 Å². The zero-order valence-electron chi connectivity index (χ0n) is 9.34. The molecule has 5 heteroatoms. The Morgan fingerprint density at radius 1 is 1.56 bits per heavy atom. The Morgan fingerprint density at radius 2 is 2.31 bits per heavy atom. The number of nitrogens with zero attached hydrogens (tertiary/aromatic N) is 1. The number of aromatic nitrogens is 1. The maximum atomic E-state index is 11.1. The Balaban J connectivity index is 2.58. The number of carbonyl (C=O) groups excluding carboxylic acids is 1. The molecule has 1 rings (SSSR count). The number of aliphatic hydroxyl groups is 1. The van der Waals surface area contributed by atoms with Gasteiger partial charge in [-0.3, -0.25) is 9.78 Å². The normalized spacial score (nSPS) is 11.9. The number of ether oxygens (including phenoxy) is 2. The van der Waals surface area contributed by atoms with Gasteiger partial charge in [0.15, 0.2) is 0 Å². The summed E-state index contributed by atoms with van der Waals surface area (Å²) < 4.78 is 9.66. The third-order valence-corrected chi connectivity index (χ3v) is 2.00. The van der Waals surface area contributed by atoms with Crippen LogP contribution in [0.4, 0.5) is 0 Å². The van der Waals surface area contributed by atoms with E-state index in [1.807, 2.05) is 0 Å². The first-order valence-electron chi connectivity index (χ1n) is 5.01. The molecule has 0 radical (unpaired) electrons. The van der Waals surface area contributed by atoms with Gasteiger partial charge >= 0.3 is 5.97 Å². The third-order valence-electron chi connectivity index (χ3n) is 2.00. The molecule has 0 fully saturated rings. The lowest BCUT2D eigenvalue weighted by Crippen LogP contribution is -2.11. The van der Waals surface area contributed by atoms with Gasteiger partial charge in [-0.1, -0.05) is 0 Å². The summed E-state index contributed by atoms with van der Waals surface area (Å²) in [7, 11) is 1.53. The van der Waals surface area contributed by atoms with Crippen LogP contribution in [0.2, 0.25) is 0 Å². The number of rotatable bonds is 5. The standard InChI is InChI=1S/C11H15NO4/c1-3-16-11(14)6-10(13)9-5-4-8(15-2)7-12-9/h4-5,7,10,13H,3,6H2,1-2H3. The average Bonchev–Trinajstić information content (AvgIpc) is 2.29. The van der Waals surface area contributed by atoms with Gasteiger partial charge in [0.1, 0.15) is 11.9 Å². The molecule has 5 nitrogen and oxygen atoms in total. The van der Waals surface area contributed by atoms with E-state index < -0.39 is 12.1 Å². The topological polar surface area (TPSA) is 68.7 Å². The monoisotopic (exact) mass is 225 g/mol. The van der Waals surface area contributed by atoms with E-state index in [9.17, 15) is 9.90 Å². The van der Waals surface area contributed by atoms with E-state index in [1.54, 1.807) is 19.1 Å². The lowest BCUT2D eigenvalue weighted by molar-refractivity contribution is -0.145. The lowest BCUT2D eigenvalue weighted by atomic mass is 10.1. The highest BCUT2D eigenvalue weighted by molar-refractivity contribution is 5.70. The lowest BCUT2D eigenvalue weighted by Gasteiger charge is -2.09. The van der Waals surface area contributed by atoms with E-state index in [0.29, 0.717) is 18.1 Å². The smallest absolute Gasteiger partial charge is 0.308 e. The van der Waals surface area contributed by atoms with Crippen molar-refractivity contribution < 1.29 is 19.4 Å². The quantitative estimate of drug-likeness (QED) is 0.759. The Kier molecular flexibility index (Phi) is 4.72. The Labute approximate surface area is 94.0 Å². The van der Waals surface area contributed by atoms with Gasteiger partial charge < -0.3 is 14.6 Å². The Bertz CT molecular complexity index is 336. The summed E-state index contributed by atoms with van der Waals surface area (Å²) in [5.74, 6) is 0.166. The van der Waals surface area contributed by atoms with Gasteiger partial charge in [-0.2, -0.15) is 0 Å². The number of methoxy groups -OCH3 is 1. The van der Waals surface area contributed by atoms with Gasteiger partial charge in [0, 0.05) is 0 Å². The van der Waals surface area contributed by atoms with Crippen molar-refractivity contribution in [3.8, 4) is 5.75 Å². The first-order chi connectivity index (χ1) is 7.67. The molecule has 0 saturated carbocycles. The average molecular weight is 225 g/mol. The molecule has 1 aromatic heterocycles. The van der Waals surface area contributed by atoms with Crippen LogP contribution in [0.1, 0.15) is 25.1 Å². The second-order valence-corrected chi connectivity index (χ2v) is 3.15. The Hall–Kier alpha value is -1.62. The fraction of sp³-hybridized carbons (Fsp3) is 0.455. The summed E-state index contributed by atoms with van der Waals surface area (Å²) in [5, 5.41) is 9.68. The van der Waals surface area contributed by atoms with E-state index >= 15 is 0 Å². The molecule has 0 aliphatic heterocycles. The zero-order valence-corrected chi connectivity index (χ0v) is 9.34. The number of hydrogen-bond donors (Lipinski definition) is 1. The molecule has 1 N–H and O–H groups in total. The maximum Gasteiger partial charge on any atom is 0.308 e. The number of aliphatic hydroxyl groups excluding tert-OH is 1. The maximum absolute atomic E-state index is 11.1. The van der Waals surface area contributed by atoms with Gasteiger partial charge in [-0.05, 0) is 19.1 Å². The molecule has 1 atom stereocenters. The minimum Gasteiger partial charge on any atom is -0.495 e. The van der Waals surface area contributed by atoms with Crippen molar-refractivity contribution in [2.24, 2.45) is 0 Å². The number of hydrogen-bond acceptors (Lipinski definition) is 5. The van der Waals surface area contributed by atoms with Crippen LogP contribution in [-0.2, 0) is 9.53 Å². The molecular formula is C11H15NO4. The molecular weight excluding hydrogens is 210 g/mol. The van der Waals surface area contributed by atoms with E-state index in [4.69, 9.17) is 9.47 Å². The molecule has 1 unspecified atom stereocenters. The van der Waals surface area contributed by atoms with Gasteiger partial charge in [0.25, 0.3) is 0 Å². The molecule has 0 spiro atoms. The van der Waals surface area contributed by atoms with Crippen LogP contribution in [0.15, 0.2) is 18.3 Å². The first-order valence-corrected chi connectivity index (χ1v) is 5.01. The molecule has 16 heavy (non-hydrogen) atoms. The summed E-state index contributed by atoms with van der Waals surface area (Å²) in [4.78, 5) is 15.1. The third kappa shape index (κ3) is 3.51. The fourth-order valence-corrected chi connectivity index (χ4v) is 1.19. The van der Waals surface area contributed by atoms with Crippen molar-refractivity contribution in [2.45, 2.75) is 19.4 Å². The van der Waals surface area contributed by atoms with Crippen molar-refractivity contribution >= 4 is 5.97 Å². The minimum absolute atomic E-state index is 0.0901. The number of pyridine rings is 1. The summed E-state index contributed by atoms with van der Waals surface area (Å²) in [6.45, 7) is 2.03. The molecule has 88 valence electrons. The predicted molar refractivity (Wildman–Crippen MR) is 57.0 cm³/mol. The van der Waals surface area contributed by atoms with Crippen molar-refractivity contribution in [1.29, 1.82) is 0 Å². The van der Waals surface area contributed by atoms with Gasteiger partial charge in [0.05, 0.1) is 32.0 Å².